The van der Waals surface area contributed by atoms with Gasteiger partial charge in [0.05, 0.1) is 22.3 Å². The number of nitrogens with zero attached hydrogens (tertiary/aromatic N) is 3. The molecule has 0 spiro atoms. The van der Waals surface area contributed by atoms with Crippen LogP contribution in [0.15, 0.2) is 48.7 Å². The van der Waals surface area contributed by atoms with Gasteiger partial charge in [-0.2, -0.15) is 0 Å². The molecule has 128 valence electrons. The standard InChI is InChI=1S/C23H22N3/c1-14-9-10-20(25(4)13-14)22-15(2)11-16(3)23-17(22)12-21-24-18-7-5-6-8-19(18)26(21)23/h5-11,13H,12H2,1-4H3/q+1/i1D3,3D3. The fourth-order valence-electron chi connectivity index (χ4n) is 4.13. The van der Waals surface area contributed by atoms with Gasteiger partial charge in [0.1, 0.15) is 12.9 Å². The molecular weight excluding hydrogens is 318 g/mol. The van der Waals surface area contributed by atoms with Crippen LogP contribution in [0, 0.1) is 20.6 Å². The number of benzene rings is 2. The zero-order chi connectivity index (χ0) is 23.0. The second-order valence-corrected chi connectivity index (χ2v) is 6.89. The van der Waals surface area contributed by atoms with Gasteiger partial charge < -0.3 is 0 Å². The smallest absolute Gasteiger partial charge is 0.212 e. The number of para-hydroxylation sites is 2. The molecular formula is C23H22N3+. The van der Waals surface area contributed by atoms with E-state index in [1.165, 1.54) is 0 Å². The monoisotopic (exact) mass is 346 g/mol. The Morgan fingerprint density at radius 1 is 1.12 bits per heavy atom. The first-order valence-corrected chi connectivity index (χ1v) is 8.61. The number of hydrogen-bond acceptors (Lipinski definition) is 1. The summed E-state index contributed by atoms with van der Waals surface area (Å²) in [5, 5.41) is 0. The van der Waals surface area contributed by atoms with Gasteiger partial charge in [-0.25, -0.2) is 9.55 Å². The Kier molecular flexibility index (Phi) is 2.08. The summed E-state index contributed by atoms with van der Waals surface area (Å²) >= 11 is 0. The molecule has 0 saturated carbocycles. The Morgan fingerprint density at radius 3 is 2.81 bits per heavy atom. The third-order valence-corrected chi connectivity index (χ3v) is 5.18. The topological polar surface area (TPSA) is 21.7 Å². The van der Waals surface area contributed by atoms with Gasteiger partial charge in [0.15, 0.2) is 6.20 Å². The molecule has 0 fully saturated rings. The van der Waals surface area contributed by atoms with Gasteiger partial charge in [-0.15, -0.1) is 0 Å². The molecule has 0 amide bonds. The van der Waals surface area contributed by atoms with E-state index in [4.69, 9.17) is 13.2 Å². The molecule has 0 aliphatic carbocycles. The van der Waals surface area contributed by atoms with Crippen LogP contribution in [0.1, 0.15) is 36.3 Å². The lowest BCUT2D eigenvalue weighted by molar-refractivity contribution is -0.660. The highest BCUT2D eigenvalue weighted by atomic mass is 15.1. The zero-order valence-corrected chi connectivity index (χ0v) is 14.7. The van der Waals surface area contributed by atoms with Gasteiger partial charge in [0.25, 0.3) is 0 Å². The minimum atomic E-state index is -2.28. The third kappa shape index (κ3) is 2.00. The van der Waals surface area contributed by atoms with Crippen LogP contribution in [0.5, 0.6) is 0 Å². The van der Waals surface area contributed by atoms with Crippen LogP contribution in [-0.4, -0.2) is 9.55 Å². The second kappa shape index (κ2) is 5.28. The van der Waals surface area contributed by atoms with E-state index in [2.05, 4.69) is 0 Å². The Balaban J connectivity index is 1.83. The molecule has 3 heteroatoms. The molecule has 0 bridgehead atoms. The lowest BCUT2D eigenvalue weighted by Crippen LogP contribution is -2.31. The molecule has 0 atom stereocenters. The van der Waals surface area contributed by atoms with Crippen molar-refractivity contribution in [1.29, 1.82) is 0 Å². The molecule has 3 nitrogen and oxygen atoms in total. The van der Waals surface area contributed by atoms with Gasteiger partial charge in [0.2, 0.25) is 5.69 Å². The van der Waals surface area contributed by atoms with E-state index in [9.17, 15) is 0 Å². The summed E-state index contributed by atoms with van der Waals surface area (Å²) in [5.74, 6) is 0.806. The Hall–Kier alpha value is -2.94. The first-order valence-electron chi connectivity index (χ1n) is 11.6. The van der Waals surface area contributed by atoms with E-state index in [1.807, 2.05) is 42.8 Å². The van der Waals surface area contributed by atoms with Crippen molar-refractivity contribution in [3.63, 3.8) is 0 Å². The van der Waals surface area contributed by atoms with E-state index in [0.717, 1.165) is 39.2 Å². The van der Waals surface area contributed by atoms with Gasteiger partial charge in [-0.1, -0.05) is 18.2 Å². The van der Waals surface area contributed by atoms with E-state index in [-0.39, 0.29) is 5.56 Å². The van der Waals surface area contributed by atoms with Crippen molar-refractivity contribution in [2.75, 3.05) is 0 Å². The predicted octanol–water partition coefficient (Wildman–Crippen LogP) is 4.35. The number of fused-ring (bicyclic) bond motifs is 5. The summed E-state index contributed by atoms with van der Waals surface area (Å²) in [4.78, 5) is 4.76. The molecule has 2 aromatic heterocycles. The Morgan fingerprint density at radius 2 is 2.00 bits per heavy atom. The zero-order valence-electron chi connectivity index (χ0n) is 20.7. The average Bonchev–Trinajstić information content (AvgIpc) is 3.22. The predicted molar refractivity (Wildman–Crippen MR) is 105 cm³/mol. The Labute approximate surface area is 162 Å². The summed E-state index contributed by atoms with van der Waals surface area (Å²) in [6, 6.07) is 12.9. The van der Waals surface area contributed by atoms with Crippen LogP contribution in [0.25, 0.3) is 28.0 Å². The van der Waals surface area contributed by atoms with Crippen molar-refractivity contribution < 1.29 is 12.8 Å². The second-order valence-electron chi connectivity index (χ2n) is 6.89. The van der Waals surface area contributed by atoms with E-state index in [1.54, 1.807) is 29.0 Å². The SMILES string of the molecule is [2H]C([2H])([2H])c1ccc(-c2c(C)cc(C([2H])([2H])[2H])c3c2Cc2nc4ccccc4n2-3)[n+](C)c1. The van der Waals surface area contributed by atoms with Gasteiger partial charge in [-0.05, 0) is 55.5 Å². The largest absolute Gasteiger partial charge is 0.295 e. The van der Waals surface area contributed by atoms with E-state index in [0.29, 0.717) is 17.7 Å². The maximum atomic E-state index is 8.19. The highest BCUT2D eigenvalue weighted by molar-refractivity contribution is 5.83. The van der Waals surface area contributed by atoms with Crippen molar-refractivity contribution in [1.82, 2.24) is 9.55 Å². The fourth-order valence-corrected chi connectivity index (χ4v) is 4.13. The molecule has 26 heavy (non-hydrogen) atoms. The number of aromatic nitrogens is 3. The Bertz CT molecular complexity index is 1400. The van der Waals surface area contributed by atoms with Crippen molar-refractivity contribution in [3.05, 3.63) is 76.7 Å². The van der Waals surface area contributed by atoms with E-state index < -0.39 is 13.7 Å². The number of hydrogen-bond donors (Lipinski definition) is 0. The maximum absolute atomic E-state index is 8.19. The fraction of sp³-hybridized carbons (Fsp3) is 0.217. The molecule has 1 aliphatic heterocycles. The van der Waals surface area contributed by atoms with Gasteiger partial charge >= 0.3 is 0 Å². The first-order chi connectivity index (χ1) is 15.0. The minimum absolute atomic E-state index is 0.260. The average molecular weight is 346 g/mol. The highest BCUT2D eigenvalue weighted by Crippen LogP contribution is 2.40. The van der Waals surface area contributed by atoms with Crippen LogP contribution in [-0.2, 0) is 13.5 Å². The van der Waals surface area contributed by atoms with E-state index >= 15 is 0 Å². The van der Waals surface area contributed by atoms with Crippen molar-refractivity contribution >= 4 is 11.0 Å². The highest BCUT2D eigenvalue weighted by Gasteiger charge is 2.30. The quantitative estimate of drug-likeness (QED) is 0.414. The van der Waals surface area contributed by atoms with Crippen molar-refractivity contribution in [2.45, 2.75) is 27.0 Å². The van der Waals surface area contributed by atoms with Crippen LogP contribution in [0.2, 0.25) is 0 Å². The molecule has 0 N–H and O–H groups in total. The van der Waals surface area contributed by atoms with Crippen LogP contribution in [0.3, 0.4) is 0 Å². The summed E-state index contributed by atoms with van der Waals surface area (Å²) in [6.07, 6.45) is 2.12. The number of pyridine rings is 1. The molecule has 2 aromatic carbocycles. The number of aryl methyl sites for hydroxylation is 4. The number of rotatable bonds is 1. The van der Waals surface area contributed by atoms with Gasteiger partial charge in [-0.3, -0.25) is 4.57 Å². The van der Waals surface area contributed by atoms with Crippen molar-refractivity contribution in [2.24, 2.45) is 7.05 Å². The van der Waals surface area contributed by atoms with Crippen LogP contribution < -0.4 is 4.57 Å². The molecule has 0 radical (unpaired) electrons. The summed E-state index contributed by atoms with van der Waals surface area (Å²) in [6.45, 7) is -2.57. The molecule has 0 unspecified atom stereocenters. The normalized spacial score (nSPS) is 16.8. The van der Waals surface area contributed by atoms with Gasteiger partial charge in [0, 0.05) is 26.3 Å². The third-order valence-electron chi connectivity index (χ3n) is 5.18. The van der Waals surface area contributed by atoms with Crippen molar-refractivity contribution in [3.8, 4) is 16.9 Å². The van der Waals surface area contributed by atoms with Crippen LogP contribution in [0.4, 0.5) is 0 Å². The summed E-state index contributed by atoms with van der Waals surface area (Å²) < 4.78 is 51.4. The lowest BCUT2D eigenvalue weighted by Gasteiger charge is -2.14. The lowest BCUT2D eigenvalue weighted by atomic mass is 9.93. The summed E-state index contributed by atoms with van der Waals surface area (Å²) in [5.41, 5.74) is 6.43. The first kappa shape index (κ1) is 10.3. The molecule has 4 aromatic rings. The minimum Gasteiger partial charge on any atom is -0.295 e. The maximum Gasteiger partial charge on any atom is 0.212 e. The molecule has 1 aliphatic rings. The van der Waals surface area contributed by atoms with Crippen LogP contribution >= 0.6 is 0 Å². The molecule has 0 saturated heterocycles. The molecule has 3 heterocycles. The molecule has 5 rings (SSSR count). The number of imidazole rings is 1. The summed E-state index contributed by atoms with van der Waals surface area (Å²) in [7, 11) is 1.82.